The van der Waals surface area contributed by atoms with Crippen LogP contribution in [0.15, 0.2) is 66.9 Å². The van der Waals surface area contributed by atoms with Crippen molar-refractivity contribution in [3.05, 3.63) is 93.6 Å². The number of carbonyl (C=O) groups is 1. The average Bonchev–Trinajstić information content (AvgIpc) is 2.68. The lowest BCUT2D eigenvalue weighted by Gasteiger charge is -2.16. The largest absolute Gasteiger partial charge is 0.472 e. The first-order valence-electron chi connectivity index (χ1n) is 8.42. The van der Waals surface area contributed by atoms with Crippen LogP contribution in [0.2, 0.25) is 10.0 Å². The SMILES string of the molecule is C[C@H](NC(=O)c1cc(Cl)cnc1OCc1ccccc1Cl)c1ccccc1. The molecule has 138 valence electrons. The van der Waals surface area contributed by atoms with Gasteiger partial charge in [-0.15, -0.1) is 0 Å². The van der Waals surface area contributed by atoms with E-state index in [1.54, 1.807) is 12.1 Å². The van der Waals surface area contributed by atoms with Crippen LogP contribution in [-0.4, -0.2) is 10.9 Å². The summed E-state index contributed by atoms with van der Waals surface area (Å²) in [6, 6.07) is 18.4. The normalized spacial score (nSPS) is 11.7. The summed E-state index contributed by atoms with van der Waals surface area (Å²) in [5.74, 6) is -0.104. The van der Waals surface area contributed by atoms with Crippen molar-refractivity contribution in [1.29, 1.82) is 0 Å². The number of pyridine rings is 1. The summed E-state index contributed by atoms with van der Waals surface area (Å²) in [6.45, 7) is 2.11. The maximum atomic E-state index is 12.8. The molecule has 1 N–H and O–H groups in total. The molecule has 0 aliphatic carbocycles. The van der Waals surface area contributed by atoms with Gasteiger partial charge in [-0.2, -0.15) is 0 Å². The van der Waals surface area contributed by atoms with E-state index in [0.29, 0.717) is 10.0 Å². The van der Waals surface area contributed by atoms with Crippen LogP contribution in [-0.2, 0) is 6.61 Å². The van der Waals surface area contributed by atoms with Gasteiger partial charge in [-0.3, -0.25) is 4.79 Å². The van der Waals surface area contributed by atoms with E-state index >= 15 is 0 Å². The molecular weight excluding hydrogens is 383 g/mol. The van der Waals surface area contributed by atoms with Crippen LogP contribution in [0.4, 0.5) is 0 Å². The van der Waals surface area contributed by atoms with Crippen LogP contribution in [0.3, 0.4) is 0 Å². The first-order valence-corrected chi connectivity index (χ1v) is 9.17. The van der Waals surface area contributed by atoms with Gasteiger partial charge in [0.1, 0.15) is 12.2 Å². The Hall–Kier alpha value is -2.56. The molecule has 1 heterocycles. The molecule has 3 rings (SSSR count). The molecule has 27 heavy (non-hydrogen) atoms. The highest BCUT2D eigenvalue weighted by Crippen LogP contribution is 2.23. The van der Waals surface area contributed by atoms with E-state index in [9.17, 15) is 4.79 Å². The average molecular weight is 401 g/mol. The van der Waals surface area contributed by atoms with Crippen molar-refractivity contribution in [2.24, 2.45) is 0 Å². The highest BCUT2D eigenvalue weighted by Gasteiger charge is 2.18. The number of hydrogen-bond acceptors (Lipinski definition) is 3. The highest BCUT2D eigenvalue weighted by atomic mass is 35.5. The lowest BCUT2D eigenvalue weighted by Crippen LogP contribution is -2.27. The van der Waals surface area contributed by atoms with Crippen molar-refractivity contribution >= 4 is 29.1 Å². The quantitative estimate of drug-likeness (QED) is 0.597. The van der Waals surface area contributed by atoms with Gasteiger partial charge in [-0.25, -0.2) is 4.98 Å². The molecular formula is C21H18Cl2N2O2. The second kappa shape index (κ2) is 8.89. The van der Waals surface area contributed by atoms with E-state index < -0.39 is 0 Å². The number of ether oxygens (including phenoxy) is 1. The van der Waals surface area contributed by atoms with Gasteiger partial charge in [0, 0.05) is 16.8 Å². The fourth-order valence-electron chi connectivity index (χ4n) is 2.57. The van der Waals surface area contributed by atoms with Crippen molar-refractivity contribution in [1.82, 2.24) is 10.3 Å². The second-order valence-electron chi connectivity index (χ2n) is 5.99. The summed E-state index contributed by atoms with van der Waals surface area (Å²) in [5.41, 5.74) is 2.08. The highest BCUT2D eigenvalue weighted by molar-refractivity contribution is 6.31. The van der Waals surface area contributed by atoms with E-state index in [-0.39, 0.29) is 30.0 Å². The molecule has 0 radical (unpaired) electrons. The van der Waals surface area contributed by atoms with Gasteiger partial charge < -0.3 is 10.1 Å². The number of rotatable bonds is 6. The zero-order valence-electron chi connectivity index (χ0n) is 14.7. The number of carbonyl (C=O) groups excluding carboxylic acids is 1. The number of halogens is 2. The van der Waals surface area contributed by atoms with Crippen LogP contribution >= 0.6 is 23.2 Å². The number of nitrogens with one attached hydrogen (secondary N) is 1. The molecule has 1 amide bonds. The van der Waals surface area contributed by atoms with E-state index in [1.165, 1.54) is 6.20 Å². The molecule has 2 aromatic carbocycles. The van der Waals surface area contributed by atoms with Gasteiger partial charge in [0.2, 0.25) is 5.88 Å². The number of benzene rings is 2. The van der Waals surface area contributed by atoms with E-state index in [2.05, 4.69) is 10.3 Å². The molecule has 0 spiro atoms. The van der Waals surface area contributed by atoms with Gasteiger partial charge in [0.05, 0.1) is 11.1 Å². The Bertz CT molecular complexity index is 932. The van der Waals surface area contributed by atoms with Gasteiger partial charge in [0.25, 0.3) is 5.91 Å². The van der Waals surface area contributed by atoms with Crippen molar-refractivity contribution in [2.75, 3.05) is 0 Å². The van der Waals surface area contributed by atoms with Crippen molar-refractivity contribution < 1.29 is 9.53 Å². The number of aromatic nitrogens is 1. The molecule has 0 bridgehead atoms. The first kappa shape index (κ1) is 19.2. The minimum atomic E-state index is -0.310. The minimum Gasteiger partial charge on any atom is -0.472 e. The van der Waals surface area contributed by atoms with Crippen LogP contribution in [0.1, 0.15) is 34.5 Å². The molecule has 0 aliphatic rings. The molecule has 4 nitrogen and oxygen atoms in total. The Balaban J connectivity index is 1.77. The molecule has 0 saturated heterocycles. The Morgan fingerprint density at radius 1 is 1.11 bits per heavy atom. The molecule has 3 aromatic rings. The molecule has 1 aromatic heterocycles. The third kappa shape index (κ3) is 5.00. The molecule has 1 atom stereocenters. The number of amides is 1. The van der Waals surface area contributed by atoms with Crippen molar-refractivity contribution in [2.45, 2.75) is 19.6 Å². The maximum Gasteiger partial charge on any atom is 0.257 e. The van der Waals surface area contributed by atoms with E-state index in [1.807, 2.05) is 55.5 Å². The standard InChI is InChI=1S/C21H18Cl2N2O2/c1-14(15-7-3-2-4-8-15)25-20(26)18-11-17(22)12-24-21(18)27-13-16-9-5-6-10-19(16)23/h2-12,14H,13H2,1H3,(H,25,26)/t14-/m0/s1. The van der Waals surface area contributed by atoms with Crippen LogP contribution in [0.5, 0.6) is 5.88 Å². The topological polar surface area (TPSA) is 51.2 Å². The van der Waals surface area contributed by atoms with Gasteiger partial charge >= 0.3 is 0 Å². The smallest absolute Gasteiger partial charge is 0.257 e. The van der Waals surface area contributed by atoms with Crippen molar-refractivity contribution in [3.63, 3.8) is 0 Å². The molecule has 0 aliphatic heterocycles. The van der Waals surface area contributed by atoms with Crippen LogP contribution in [0, 0.1) is 0 Å². The molecule has 0 saturated carbocycles. The summed E-state index contributed by atoms with van der Waals surface area (Å²) in [5, 5.41) is 3.90. The van der Waals surface area contributed by atoms with E-state index in [4.69, 9.17) is 27.9 Å². The van der Waals surface area contributed by atoms with Gasteiger partial charge in [-0.1, -0.05) is 71.7 Å². The monoisotopic (exact) mass is 400 g/mol. The fraction of sp³-hybridized carbons (Fsp3) is 0.143. The number of hydrogen-bond donors (Lipinski definition) is 1. The Labute approximate surface area is 168 Å². The predicted molar refractivity (Wildman–Crippen MR) is 107 cm³/mol. The lowest BCUT2D eigenvalue weighted by atomic mass is 10.1. The Kier molecular flexibility index (Phi) is 6.32. The summed E-state index contributed by atoms with van der Waals surface area (Å²) in [4.78, 5) is 16.9. The molecule has 6 heteroatoms. The van der Waals surface area contributed by atoms with E-state index in [0.717, 1.165) is 11.1 Å². The predicted octanol–water partition coefficient (Wildman–Crippen LogP) is 5.46. The van der Waals surface area contributed by atoms with Crippen molar-refractivity contribution in [3.8, 4) is 5.88 Å². The van der Waals surface area contributed by atoms with Crippen LogP contribution < -0.4 is 10.1 Å². The zero-order chi connectivity index (χ0) is 19.2. The summed E-state index contributed by atoms with van der Waals surface area (Å²) in [6.07, 6.45) is 1.45. The first-order chi connectivity index (χ1) is 13.0. The Morgan fingerprint density at radius 2 is 1.81 bits per heavy atom. The third-order valence-corrected chi connectivity index (χ3v) is 4.61. The molecule has 0 fully saturated rings. The molecule has 0 unspecified atom stereocenters. The number of nitrogens with zero attached hydrogens (tertiary/aromatic N) is 1. The fourth-order valence-corrected chi connectivity index (χ4v) is 2.91. The maximum absolute atomic E-state index is 12.8. The van der Waals surface area contributed by atoms with Gasteiger partial charge in [0.15, 0.2) is 0 Å². The van der Waals surface area contributed by atoms with Crippen LogP contribution in [0.25, 0.3) is 0 Å². The summed E-state index contributed by atoms with van der Waals surface area (Å²) >= 11 is 12.2. The minimum absolute atomic E-state index is 0.172. The van der Waals surface area contributed by atoms with Gasteiger partial charge in [-0.05, 0) is 24.6 Å². The third-order valence-electron chi connectivity index (χ3n) is 4.03. The Morgan fingerprint density at radius 3 is 2.56 bits per heavy atom. The lowest BCUT2D eigenvalue weighted by molar-refractivity contribution is 0.0934. The zero-order valence-corrected chi connectivity index (χ0v) is 16.2. The summed E-state index contributed by atoms with van der Waals surface area (Å²) in [7, 11) is 0. The summed E-state index contributed by atoms with van der Waals surface area (Å²) < 4.78 is 5.75. The second-order valence-corrected chi connectivity index (χ2v) is 6.84.